The molecular formula is C24H39IN4O2. The van der Waals surface area contributed by atoms with Crippen molar-refractivity contribution in [2.45, 2.75) is 77.5 Å². The van der Waals surface area contributed by atoms with Crippen molar-refractivity contribution < 1.29 is 9.53 Å². The minimum Gasteiger partial charge on any atom is -0.376 e. The molecule has 1 aliphatic carbocycles. The Morgan fingerprint density at radius 2 is 1.90 bits per heavy atom. The first kappa shape index (κ1) is 25.9. The molecule has 1 saturated carbocycles. The van der Waals surface area contributed by atoms with Crippen LogP contribution in [-0.4, -0.2) is 49.1 Å². The Bertz CT molecular complexity index is 690. The van der Waals surface area contributed by atoms with Gasteiger partial charge in [0.2, 0.25) is 5.91 Å². The van der Waals surface area contributed by atoms with Crippen molar-refractivity contribution in [3.05, 3.63) is 35.4 Å². The maximum Gasteiger partial charge on any atom is 0.222 e. The number of rotatable bonds is 9. The van der Waals surface area contributed by atoms with E-state index in [4.69, 9.17) is 9.73 Å². The Labute approximate surface area is 204 Å². The van der Waals surface area contributed by atoms with Gasteiger partial charge in [-0.3, -0.25) is 4.79 Å². The molecular weight excluding hydrogens is 503 g/mol. The summed E-state index contributed by atoms with van der Waals surface area (Å²) in [6.07, 6.45) is 9.80. The van der Waals surface area contributed by atoms with Crippen LogP contribution in [0, 0.1) is 0 Å². The van der Waals surface area contributed by atoms with E-state index in [0.29, 0.717) is 32.2 Å². The van der Waals surface area contributed by atoms with Crippen LogP contribution in [0.1, 0.15) is 69.4 Å². The summed E-state index contributed by atoms with van der Waals surface area (Å²) in [5.41, 5.74) is 2.33. The number of carbonyl (C=O) groups excluding carboxylic acids is 1. The summed E-state index contributed by atoms with van der Waals surface area (Å²) < 4.78 is 6.06. The third kappa shape index (κ3) is 9.35. The molecule has 1 saturated heterocycles. The van der Waals surface area contributed by atoms with Crippen molar-refractivity contribution in [3.63, 3.8) is 0 Å². The Balaban J connectivity index is 0.00000341. The summed E-state index contributed by atoms with van der Waals surface area (Å²) in [7, 11) is 0. The van der Waals surface area contributed by atoms with Crippen LogP contribution in [0.2, 0.25) is 0 Å². The van der Waals surface area contributed by atoms with E-state index >= 15 is 0 Å². The number of guanidine groups is 1. The molecule has 174 valence electrons. The van der Waals surface area contributed by atoms with Gasteiger partial charge in [0.15, 0.2) is 5.96 Å². The average molecular weight is 543 g/mol. The third-order valence-corrected chi connectivity index (χ3v) is 5.85. The highest BCUT2D eigenvalue weighted by atomic mass is 127. The van der Waals surface area contributed by atoms with Crippen molar-refractivity contribution in [1.82, 2.24) is 15.5 Å². The first-order valence-electron chi connectivity index (χ1n) is 11.7. The summed E-state index contributed by atoms with van der Waals surface area (Å²) >= 11 is 0. The fraction of sp³-hybridized carbons (Fsp3) is 0.667. The van der Waals surface area contributed by atoms with Crippen molar-refractivity contribution in [2.75, 3.05) is 26.2 Å². The smallest absolute Gasteiger partial charge is 0.222 e. The van der Waals surface area contributed by atoms with E-state index in [1.54, 1.807) is 0 Å². The highest BCUT2D eigenvalue weighted by molar-refractivity contribution is 14.0. The number of halogens is 1. The van der Waals surface area contributed by atoms with Gasteiger partial charge in [0.1, 0.15) is 0 Å². The number of nitrogens with zero attached hydrogens (tertiary/aromatic N) is 2. The molecule has 1 aromatic rings. The van der Waals surface area contributed by atoms with Crippen LogP contribution in [0.15, 0.2) is 29.3 Å². The topological polar surface area (TPSA) is 66.0 Å². The minimum absolute atomic E-state index is 0. The van der Waals surface area contributed by atoms with Crippen LogP contribution in [0.3, 0.4) is 0 Å². The molecule has 0 bridgehead atoms. The van der Waals surface area contributed by atoms with Crippen LogP contribution in [-0.2, 0) is 22.6 Å². The summed E-state index contributed by atoms with van der Waals surface area (Å²) in [4.78, 5) is 18.5. The maximum absolute atomic E-state index is 11.9. The first-order valence-corrected chi connectivity index (χ1v) is 11.7. The molecule has 3 rings (SSSR count). The molecule has 1 aromatic carbocycles. The first-order chi connectivity index (χ1) is 14.7. The molecule has 1 amide bonds. The monoisotopic (exact) mass is 542 g/mol. The Morgan fingerprint density at radius 3 is 2.61 bits per heavy atom. The molecule has 2 fully saturated rings. The lowest BCUT2D eigenvalue weighted by molar-refractivity contribution is -0.128. The van der Waals surface area contributed by atoms with Crippen LogP contribution in [0.25, 0.3) is 0 Å². The lowest BCUT2D eigenvalue weighted by Crippen LogP contribution is -2.39. The van der Waals surface area contributed by atoms with Crippen LogP contribution in [0.4, 0.5) is 0 Å². The van der Waals surface area contributed by atoms with E-state index in [1.807, 2.05) is 4.90 Å². The molecule has 1 heterocycles. The Hall–Kier alpha value is -1.35. The molecule has 0 spiro atoms. The van der Waals surface area contributed by atoms with Crippen LogP contribution in [0.5, 0.6) is 0 Å². The van der Waals surface area contributed by atoms with Crippen molar-refractivity contribution in [3.8, 4) is 0 Å². The van der Waals surface area contributed by atoms with E-state index in [2.05, 4.69) is 41.8 Å². The molecule has 7 heteroatoms. The standard InChI is InChI=1S/C24H38N4O2.HI/c1-2-25-24(26-14-16-30-22-11-5-3-4-6-12-22)27-18-20-9-7-10-21(17-20)19-28-15-8-13-23(28)29;/h7,9-10,17,22H,2-6,8,11-16,18-19H2,1H3,(H2,25,26,27);1H. The Kier molecular flexibility index (Phi) is 12.3. The third-order valence-electron chi connectivity index (χ3n) is 5.85. The number of benzene rings is 1. The van der Waals surface area contributed by atoms with Gasteiger partial charge in [-0.25, -0.2) is 4.99 Å². The number of nitrogens with one attached hydrogen (secondary N) is 2. The molecule has 0 radical (unpaired) electrons. The quantitative estimate of drug-likeness (QED) is 0.161. The highest BCUT2D eigenvalue weighted by Gasteiger charge is 2.19. The highest BCUT2D eigenvalue weighted by Crippen LogP contribution is 2.19. The minimum atomic E-state index is 0. The zero-order chi connectivity index (χ0) is 21.0. The fourth-order valence-corrected chi connectivity index (χ4v) is 4.23. The predicted octanol–water partition coefficient (Wildman–Crippen LogP) is 4.22. The zero-order valence-electron chi connectivity index (χ0n) is 18.9. The molecule has 0 unspecified atom stereocenters. The Morgan fingerprint density at radius 1 is 1.13 bits per heavy atom. The van der Waals surface area contributed by atoms with Crippen molar-refractivity contribution >= 4 is 35.8 Å². The molecule has 0 aromatic heterocycles. The lowest BCUT2D eigenvalue weighted by Gasteiger charge is -2.17. The van der Waals surface area contributed by atoms with Gasteiger partial charge in [-0.1, -0.05) is 49.9 Å². The van der Waals surface area contributed by atoms with E-state index < -0.39 is 0 Å². The van der Waals surface area contributed by atoms with Gasteiger partial charge in [0.25, 0.3) is 0 Å². The van der Waals surface area contributed by atoms with E-state index in [9.17, 15) is 4.79 Å². The van der Waals surface area contributed by atoms with E-state index in [-0.39, 0.29) is 29.9 Å². The molecule has 31 heavy (non-hydrogen) atoms. The summed E-state index contributed by atoms with van der Waals surface area (Å²) in [6.45, 7) is 6.57. The van der Waals surface area contributed by atoms with Gasteiger partial charge < -0.3 is 20.3 Å². The SMILES string of the molecule is CCNC(=NCc1cccc(CN2CCCC2=O)c1)NCCOC1CCCCCC1.I. The van der Waals surface area contributed by atoms with Gasteiger partial charge in [0, 0.05) is 32.6 Å². The van der Waals surface area contributed by atoms with Gasteiger partial charge in [-0.05, 0) is 37.3 Å². The van der Waals surface area contributed by atoms with Crippen molar-refractivity contribution in [2.24, 2.45) is 4.99 Å². The zero-order valence-corrected chi connectivity index (χ0v) is 21.2. The van der Waals surface area contributed by atoms with Gasteiger partial charge in [-0.15, -0.1) is 24.0 Å². The number of hydrogen-bond acceptors (Lipinski definition) is 3. The van der Waals surface area contributed by atoms with Gasteiger partial charge in [-0.2, -0.15) is 0 Å². The molecule has 2 aliphatic rings. The molecule has 1 aliphatic heterocycles. The maximum atomic E-state index is 11.9. The summed E-state index contributed by atoms with van der Waals surface area (Å²) in [6, 6.07) is 8.40. The van der Waals surface area contributed by atoms with E-state index in [0.717, 1.165) is 37.6 Å². The molecule has 2 N–H and O–H groups in total. The van der Waals surface area contributed by atoms with Crippen LogP contribution < -0.4 is 10.6 Å². The summed E-state index contributed by atoms with van der Waals surface area (Å²) in [5, 5.41) is 6.70. The van der Waals surface area contributed by atoms with Crippen LogP contribution >= 0.6 is 24.0 Å². The second-order valence-electron chi connectivity index (χ2n) is 8.35. The van der Waals surface area contributed by atoms with Gasteiger partial charge >= 0.3 is 0 Å². The lowest BCUT2D eigenvalue weighted by atomic mass is 10.1. The summed E-state index contributed by atoms with van der Waals surface area (Å²) in [5.74, 6) is 1.09. The van der Waals surface area contributed by atoms with Gasteiger partial charge in [0.05, 0.1) is 19.3 Å². The fourth-order valence-electron chi connectivity index (χ4n) is 4.23. The molecule has 0 atom stereocenters. The predicted molar refractivity (Wildman–Crippen MR) is 137 cm³/mol. The van der Waals surface area contributed by atoms with E-state index in [1.165, 1.54) is 44.1 Å². The number of aliphatic imine (C=N–C) groups is 1. The second kappa shape index (κ2) is 14.7. The second-order valence-corrected chi connectivity index (χ2v) is 8.35. The number of likely N-dealkylation sites (tertiary alicyclic amines) is 1. The average Bonchev–Trinajstić information content (AvgIpc) is 2.99. The largest absolute Gasteiger partial charge is 0.376 e. The molecule has 6 nitrogen and oxygen atoms in total. The number of carbonyl (C=O) groups is 1. The van der Waals surface area contributed by atoms with Crippen molar-refractivity contribution in [1.29, 1.82) is 0 Å². The normalized spacial score (nSPS) is 17.9. The number of amides is 1. The number of hydrogen-bond donors (Lipinski definition) is 2. The number of ether oxygens (including phenoxy) is 1.